The summed E-state index contributed by atoms with van der Waals surface area (Å²) in [5.41, 5.74) is 1.84. The molecule has 0 spiro atoms. The van der Waals surface area contributed by atoms with Gasteiger partial charge >= 0.3 is 0 Å². The Balaban J connectivity index is 1.73. The van der Waals surface area contributed by atoms with E-state index in [1.54, 1.807) is 24.3 Å². The number of anilines is 1. The van der Waals surface area contributed by atoms with Crippen LogP contribution < -0.4 is 4.90 Å². The zero-order chi connectivity index (χ0) is 17.3. The van der Waals surface area contributed by atoms with Crippen LogP contribution in [0.5, 0.6) is 0 Å². The first kappa shape index (κ1) is 17.3. The number of benzene rings is 1. The van der Waals surface area contributed by atoms with E-state index in [1.165, 1.54) is 4.31 Å². The number of sulfonamides is 1. The van der Waals surface area contributed by atoms with Gasteiger partial charge in [0.1, 0.15) is 0 Å². The predicted molar refractivity (Wildman–Crippen MR) is 96.6 cm³/mol. The van der Waals surface area contributed by atoms with Crippen molar-refractivity contribution in [1.82, 2.24) is 14.3 Å². The third kappa shape index (κ3) is 3.60. The molecule has 1 aromatic carbocycles. The van der Waals surface area contributed by atoms with Crippen LogP contribution in [0.3, 0.4) is 0 Å². The van der Waals surface area contributed by atoms with Crippen LogP contribution in [0.1, 0.15) is 11.4 Å². The molecular weight excluding hydrogens is 392 g/mol. The molecule has 0 radical (unpaired) electrons. The van der Waals surface area contributed by atoms with E-state index in [1.807, 2.05) is 24.8 Å². The van der Waals surface area contributed by atoms with Crippen molar-refractivity contribution in [2.45, 2.75) is 18.7 Å². The van der Waals surface area contributed by atoms with Gasteiger partial charge in [0.15, 0.2) is 0 Å². The quantitative estimate of drug-likeness (QED) is 0.776. The zero-order valence-corrected chi connectivity index (χ0v) is 16.0. The Hall–Kier alpha value is -1.51. The lowest BCUT2D eigenvalue weighted by atomic mass is 10.3. The molecule has 128 valence electrons. The second kappa shape index (κ2) is 6.78. The molecular formula is C16H19BrN4O2S. The van der Waals surface area contributed by atoms with Gasteiger partial charge in [0.25, 0.3) is 0 Å². The van der Waals surface area contributed by atoms with Crippen molar-refractivity contribution in [3.8, 4) is 0 Å². The van der Waals surface area contributed by atoms with Crippen LogP contribution in [0.2, 0.25) is 0 Å². The van der Waals surface area contributed by atoms with E-state index in [-0.39, 0.29) is 0 Å². The Bertz CT molecular complexity index is 811. The Morgan fingerprint density at radius 3 is 2.04 bits per heavy atom. The number of halogens is 1. The van der Waals surface area contributed by atoms with Crippen molar-refractivity contribution in [1.29, 1.82) is 0 Å². The second-order valence-electron chi connectivity index (χ2n) is 5.80. The summed E-state index contributed by atoms with van der Waals surface area (Å²) in [6, 6.07) is 8.66. The van der Waals surface area contributed by atoms with Crippen molar-refractivity contribution >= 4 is 31.9 Å². The summed E-state index contributed by atoms with van der Waals surface area (Å²) in [7, 11) is -3.46. The van der Waals surface area contributed by atoms with Gasteiger partial charge in [-0.3, -0.25) is 0 Å². The molecule has 2 heterocycles. The third-order valence-corrected chi connectivity index (χ3v) is 6.38. The average Bonchev–Trinajstić information content (AvgIpc) is 2.54. The van der Waals surface area contributed by atoms with Crippen LogP contribution in [-0.4, -0.2) is 48.9 Å². The Morgan fingerprint density at radius 1 is 0.958 bits per heavy atom. The third-order valence-electron chi connectivity index (χ3n) is 3.94. The summed E-state index contributed by atoms with van der Waals surface area (Å²) in [6.07, 6.45) is 0. The van der Waals surface area contributed by atoms with Crippen molar-refractivity contribution in [3.63, 3.8) is 0 Å². The van der Waals surface area contributed by atoms with E-state index in [2.05, 4.69) is 25.9 Å². The number of rotatable bonds is 3. The van der Waals surface area contributed by atoms with Gasteiger partial charge in [-0.15, -0.1) is 0 Å². The van der Waals surface area contributed by atoms with Gasteiger partial charge in [-0.2, -0.15) is 4.31 Å². The van der Waals surface area contributed by atoms with Gasteiger partial charge < -0.3 is 4.90 Å². The van der Waals surface area contributed by atoms with E-state index in [9.17, 15) is 8.42 Å². The number of nitrogens with zero attached hydrogens (tertiary/aromatic N) is 4. The molecule has 1 fully saturated rings. The van der Waals surface area contributed by atoms with Crippen LogP contribution in [0.15, 0.2) is 39.7 Å². The van der Waals surface area contributed by atoms with Gasteiger partial charge in [-0.25, -0.2) is 18.4 Å². The Morgan fingerprint density at radius 2 is 1.50 bits per heavy atom. The van der Waals surface area contributed by atoms with Crippen LogP contribution in [0, 0.1) is 13.8 Å². The van der Waals surface area contributed by atoms with Gasteiger partial charge in [0, 0.05) is 42.0 Å². The average molecular weight is 411 g/mol. The topological polar surface area (TPSA) is 66.4 Å². The molecule has 0 saturated carbocycles. The lowest BCUT2D eigenvalue weighted by molar-refractivity contribution is 0.382. The van der Waals surface area contributed by atoms with Crippen LogP contribution in [0.4, 0.5) is 5.95 Å². The Kier molecular flexibility index (Phi) is 4.89. The largest absolute Gasteiger partial charge is 0.338 e. The molecule has 2 aromatic rings. The molecule has 8 heteroatoms. The van der Waals surface area contributed by atoms with Crippen LogP contribution in [-0.2, 0) is 10.0 Å². The smallest absolute Gasteiger partial charge is 0.243 e. The van der Waals surface area contributed by atoms with E-state index in [4.69, 9.17) is 0 Å². The standard InChI is InChI=1S/C16H19BrN4O2S/c1-12-11-13(2)19-16(18-12)20-7-9-21(10-8-20)24(22,23)15-5-3-14(17)4-6-15/h3-6,11H,7-10H2,1-2H3. The molecule has 0 N–H and O–H groups in total. The molecule has 1 aliphatic heterocycles. The summed E-state index contributed by atoms with van der Waals surface area (Å²) in [5.74, 6) is 0.674. The number of piperazine rings is 1. The Labute approximate surface area is 150 Å². The molecule has 1 aliphatic rings. The summed E-state index contributed by atoms with van der Waals surface area (Å²) in [6.45, 7) is 5.89. The summed E-state index contributed by atoms with van der Waals surface area (Å²) >= 11 is 3.32. The molecule has 24 heavy (non-hydrogen) atoms. The van der Waals surface area contributed by atoms with Crippen molar-refractivity contribution in [2.75, 3.05) is 31.1 Å². The van der Waals surface area contributed by atoms with Crippen molar-refractivity contribution in [2.24, 2.45) is 0 Å². The minimum atomic E-state index is -3.46. The normalized spacial score (nSPS) is 16.4. The first-order valence-electron chi connectivity index (χ1n) is 7.69. The fraction of sp³-hybridized carbons (Fsp3) is 0.375. The molecule has 6 nitrogen and oxygen atoms in total. The number of hydrogen-bond acceptors (Lipinski definition) is 5. The molecule has 1 saturated heterocycles. The lowest BCUT2D eigenvalue weighted by Gasteiger charge is -2.34. The van der Waals surface area contributed by atoms with E-state index >= 15 is 0 Å². The minimum absolute atomic E-state index is 0.321. The highest BCUT2D eigenvalue weighted by atomic mass is 79.9. The highest BCUT2D eigenvalue weighted by molar-refractivity contribution is 9.10. The summed E-state index contributed by atoms with van der Waals surface area (Å²) in [4.78, 5) is 11.3. The number of aryl methyl sites for hydroxylation is 2. The van der Waals surface area contributed by atoms with Gasteiger partial charge in [-0.1, -0.05) is 15.9 Å². The van der Waals surface area contributed by atoms with Crippen molar-refractivity contribution in [3.05, 3.63) is 46.2 Å². The summed E-state index contributed by atoms with van der Waals surface area (Å²) < 4.78 is 27.8. The van der Waals surface area contributed by atoms with Gasteiger partial charge in [0.05, 0.1) is 4.90 Å². The second-order valence-corrected chi connectivity index (χ2v) is 8.65. The number of hydrogen-bond donors (Lipinski definition) is 0. The summed E-state index contributed by atoms with van der Waals surface area (Å²) in [5, 5.41) is 0. The van der Waals surface area contributed by atoms with Gasteiger partial charge in [0.2, 0.25) is 16.0 Å². The number of aromatic nitrogens is 2. The predicted octanol–water partition coefficient (Wildman–Crippen LogP) is 2.37. The highest BCUT2D eigenvalue weighted by Crippen LogP contribution is 2.21. The maximum absolute atomic E-state index is 12.7. The highest BCUT2D eigenvalue weighted by Gasteiger charge is 2.29. The maximum Gasteiger partial charge on any atom is 0.243 e. The van der Waals surface area contributed by atoms with E-state index in [0.717, 1.165) is 15.9 Å². The molecule has 3 rings (SSSR count). The molecule has 1 aromatic heterocycles. The SMILES string of the molecule is Cc1cc(C)nc(N2CCN(S(=O)(=O)c3ccc(Br)cc3)CC2)n1. The molecule has 0 unspecified atom stereocenters. The lowest BCUT2D eigenvalue weighted by Crippen LogP contribution is -2.49. The molecule has 0 bridgehead atoms. The zero-order valence-electron chi connectivity index (χ0n) is 13.6. The van der Waals surface area contributed by atoms with Crippen molar-refractivity contribution < 1.29 is 8.42 Å². The molecule has 0 atom stereocenters. The molecule has 0 amide bonds. The first-order chi connectivity index (χ1) is 11.4. The van der Waals surface area contributed by atoms with E-state index in [0.29, 0.717) is 37.0 Å². The monoisotopic (exact) mass is 410 g/mol. The fourth-order valence-corrected chi connectivity index (χ4v) is 4.42. The van der Waals surface area contributed by atoms with E-state index < -0.39 is 10.0 Å². The van der Waals surface area contributed by atoms with Crippen LogP contribution in [0.25, 0.3) is 0 Å². The fourth-order valence-electron chi connectivity index (χ4n) is 2.73. The molecule has 0 aliphatic carbocycles. The maximum atomic E-state index is 12.7. The van der Waals surface area contributed by atoms with Gasteiger partial charge in [-0.05, 0) is 44.2 Å². The minimum Gasteiger partial charge on any atom is -0.338 e. The van der Waals surface area contributed by atoms with Crippen LogP contribution >= 0.6 is 15.9 Å². The first-order valence-corrected chi connectivity index (χ1v) is 9.92.